The van der Waals surface area contributed by atoms with E-state index in [1.165, 1.54) is 4.90 Å². The molecule has 0 bridgehead atoms. The van der Waals surface area contributed by atoms with Crippen molar-refractivity contribution in [2.75, 3.05) is 57.7 Å². The van der Waals surface area contributed by atoms with Crippen LogP contribution >= 0.6 is 0 Å². The molecule has 0 spiro atoms. The summed E-state index contributed by atoms with van der Waals surface area (Å²) in [4.78, 5) is 55.1. The topological polar surface area (TPSA) is 111 Å². The minimum atomic E-state index is -0.849. The van der Waals surface area contributed by atoms with Crippen molar-refractivity contribution in [2.24, 2.45) is 0 Å². The predicted octanol–water partition coefficient (Wildman–Crippen LogP) is 0.733. The SMILES string of the molecule is CCOC(=O)N1CCN(CC(=O)N2CCNC(=O)[C@@H]2CC(=O)Nc2ccc(C)c(C)c2)CC1. The molecule has 4 amide bonds. The molecule has 2 heterocycles. The number of carbonyl (C=O) groups is 4. The number of amides is 4. The van der Waals surface area contributed by atoms with E-state index in [9.17, 15) is 19.2 Å². The van der Waals surface area contributed by atoms with Gasteiger partial charge in [0, 0.05) is 45.0 Å². The lowest BCUT2D eigenvalue weighted by molar-refractivity contribution is -0.145. The van der Waals surface area contributed by atoms with Gasteiger partial charge in [0.2, 0.25) is 17.7 Å². The summed E-state index contributed by atoms with van der Waals surface area (Å²) in [6.07, 6.45) is -0.452. The molecule has 10 nitrogen and oxygen atoms in total. The van der Waals surface area contributed by atoms with Gasteiger partial charge in [-0.1, -0.05) is 6.07 Å². The summed E-state index contributed by atoms with van der Waals surface area (Å²) in [5.41, 5.74) is 2.85. The summed E-state index contributed by atoms with van der Waals surface area (Å²) in [6, 6.07) is 4.78. The number of hydrogen-bond donors (Lipinski definition) is 2. The van der Waals surface area contributed by atoms with Crippen LogP contribution in [0.2, 0.25) is 0 Å². The first-order valence-electron chi connectivity index (χ1n) is 11.4. The van der Waals surface area contributed by atoms with E-state index in [4.69, 9.17) is 4.74 Å². The van der Waals surface area contributed by atoms with Gasteiger partial charge in [-0.15, -0.1) is 0 Å². The van der Waals surface area contributed by atoms with Crippen molar-refractivity contribution in [3.63, 3.8) is 0 Å². The van der Waals surface area contributed by atoms with Crippen LogP contribution in [0.25, 0.3) is 0 Å². The third kappa shape index (κ3) is 6.44. The van der Waals surface area contributed by atoms with Crippen molar-refractivity contribution in [3.05, 3.63) is 29.3 Å². The molecule has 10 heteroatoms. The zero-order valence-electron chi connectivity index (χ0n) is 19.6. The van der Waals surface area contributed by atoms with Crippen LogP contribution in [0.4, 0.5) is 10.5 Å². The van der Waals surface area contributed by atoms with Crippen molar-refractivity contribution in [2.45, 2.75) is 33.2 Å². The van der Waals surface area contributed by atoms with E-state index in [1.54, 1.807) is 11.8 Å². The Kier molecular flexibility index (Phi) is 8.26. The molecule has 2 saturated heterocycles. The van der Waals surface area contributed by atoms with Crippen LogP contribution in [0.15, 0.2) is 18.2 Å². The van der Waals surface area contributed by atoms with Crippen molar-refractivity contribution < 1.29 is 23.9 Å². The molecular weight excluding hydrogens is 426 g/mol. The monoisotopic (exact) mass is 459 g/mol. The summed E-state index contributed by atoms with van der Waals surface area (Å²) in [5, 5.41) is 5.58. The number of nitrogens with zero attached hydrogens (tertiary/aromatic N) is 3. The predicted molar refractivity (Wildman–Crippen MR) is 123 cm³/mol. The van der Waals surface area contributed by atoms with E-state index >= 15 is 0 Å². The minimum absolute atomic E-state index is 0.110. The van der Waals surface area contributed by atoms with E-state index in [2.05, 4.69) is 10.6 Å². The lowest BCUT2D eigenvalue weighted by Crippen LogP contribution is -2.60. The Morgan fingerprint density at radius 3 is 2.48 bits per heavy atom. The molecule has 0 saturated carbocycles. The lowest BCUT2D eigenvalue weighted by Gasteiger charge is -2.38. The first-order chi connectivity index (χ1) is 15.8. The minimum Gasteiger partial charge on any atom is -0.450 e. The maximum absolute atomic E-state index is 13.0. The highest BCUT2D eigenvalue weighted by Gasteiger charge is 2.35. The van der Waals surface area contributed by atoms with Gasteiger partial charge < -0.3 is 25.2 Å². The van der Waals surface area contributed by atoms with Gasteiger partial charge >= 0.3 is 6.09 Å². The molecule has 33 heavy (non-hydrogen) atoms. The van der Waals surface area contributed by atoms with Crippen LogP contribution in [-0.4, -0.2) is 97.0 Å². The highest BCUT2D eigenvalue weighted by molar-refractivity contribution is 5.97. The molecule has 180 valence electrons. The van der Waals surface area contributed by atoms with Gasteiger partial charge in [-0.2, -0.15) is 0 Å². The molecule has 2 fully saturated rings. The highest BCUT2D eigenvalue weighted by atomic mass is 16.6. The molecule has 0 aromatic heterocycles. The van der Waals surface area contributed by atoms with Crippen LogP contribution in [0.5, 0.6) is 0 Å². The maximum atomic E-state index is 13.0. The Balaban J connectivity index is 1.56. The number of nitrogens with one attached hydrogen (secondary N) is 2. The third-order valence-electron chi connectivity index (χ3n) is 6.08. The van der Waals surface area contributed by atoms with E-state index in [-0.39, 0.29) is 36.8 Å². The van der Waals surface area contributed by atoms with Crippen molar-refractivity contribution in [1.29, 1.82) is 0 Å². The highest BCUT2D eigenvalue weighted by Crippen LogP contribution is 2.16. The van der Waals surface area contributed by atoms with Crippen LogP contribution < -0.4 is 10.6 Å². The molecule has 1 atom stereocenters. The van der Waals surface area contributed by atoms with Gasteiger partial charge in [0.05, 0.1) is 19.6 Å². The fraction of sp³-hybridized carbons (Fsp3) is 0.565. The average Bonchev–Trinajstić information content (AvgIpc) is 2.78. The van der Waals surface area contributed by atoms with Gasteiger partial charge in [-0.3, -0.25) is 19.3 Å². The van der Waals surface area contributed by atoms with Crippen LogP contribution in [0.3, 0.4) is 0 Å². The fourth-order valence-electron chi connectivity index (χ4n) is 4.01. The summed E-state index contributed by atoms with van der Waals surface area (Å²) in [5.74, 6) is -0.837. The molecule has 2 aliphatic rings. The van der Waals surface area contributed by atoms with E-state index in [0.29, 0.717) is 51.6 Å². The zero-order chi connectivity index (χ0) is 24.0. The van der Waals surface area contributed by atoms with Gasteiger partial charge in [-0.05, 0) is 44.0 Å². The summed E-state index contributed by atoms with van der Waals surface area (Å²) >= 11 is 0. The Bertz CT molecular complexity index is 897. The van der Waals surface area contributed by atoms with Crippen molar-refractivity contribution in [1.82, 2.24) is 20.0 Å². The second-order valence-corrected chi connectivity index (χ2v) is 8.41. The van der Waals surface area contributed by atoms with Gasteiger partial charge in [0.1, 0.15) is 6.04 Å². The first-order valence-corrected chi connectivity index (χ1v) is 11.4. The molecule has 3 rings (SSSR count). The average molecular weight is 460 g/mol. The van der Waals surface area contributed by atoms with Crippen molar-refractivity contribution >= 4 is 29.5 Å². The number of benzene rings is 1. The summed E-state index contributed by atoms with van der Waals surface area (Å²) < 4.78 is 5.02. The molecular formula is C23H33N5O5. The number of carbonyl (C=O) groups excluding carboxylic acids is 4. The summed E-state index contributed by atoms with van der Waals surface area (Å²) in [7, 11) is 0. The number of hydrogen-bond acceptors (Lipinski definition) is 6. The van der Waals surface area contributed by atoms with E-state index < -0.39 is 6.04 Å². The third-order valence-corrected chi connectivity index (χ3v) is 6.08. The van der Waals surface area contributed by atoms with Gasteiger partial charge in [-0.25, -0.2) is 4.79 Å². The standard InChI is InChI=1S/C23H33N5O5/c1-4-33-23(32)27-11-9-26(10-12-27)15-21(30)28-8-7-24-22(31)19(28)14-20(29)25-18-6-5-16(2)17(3)13-18/h5-6,13,19H,4,7-12,14-15H2,1-3H3,(H,24,31)(H,25,29)/t19-/m0/s1. The number of aryl methyl sites for hydroxylation is 2. The van der Waals surface area contributed by atoms with E-state index in [1.807, 2.05) is 36.9 Å². The second-order valence-electron chi connectivity index (χ2n) is 8.41. The lowest BCUT2D eigenvalue weighted by atomic mass is 10.1. The number of ether oxygens (including phenoxy) is 1. The summed E-state index contributed by atoms with van der Waals surface area (Å²) in [6.45, 7) is 8.95. The molecule has 0 aliphatic carbocycles. The van der Waals surface area contributed by atoms with E-state index in [0.717, 1.165) is 11.1 Å². The molecule has 1 aromatic carbocycles. The Morgan fingerprint density at radius 1 is 1.09 bits per heavy atom. The van der Waals surface area contributed by atoms with Crippen LogP contribution in [0, 0.1) is 13.8 Å². The van der Waals surface area contributed by atoms with Gasteiger partial charge in [0.25, 0.3) is 0 Å². The van der Waals surface area contributed by atoms with Crippen LogP contribution in [-0.2, 0) is 19.1 Å². The molecule has 0 radical (unpaired) electrons. The quantitative estimate of drug-likeness (QED) is 0.649. The molecule has 2 aliphatic heterocycles. The molecule has 2 N–H and O–H groups in total. The number of rotatable bonds is 6. The smallest absolute Gasteiger partial charge is 0.409 e. The fourth-order valence-corrected chi connectivity index (χ4v) is 4.01. The maximum Gasteiger partial charge on any atom is 0.409 e. The largest absolute Gasteiger partial charge is 0.450 e. The molecule has 0 unspecified atom stereocenters. The number of anilines is 1. The molecule has 1 aromatic rings. The number of piperazine rings is 2. The second kappa shape index (κ2) is 11.1. The Labute approximate surface area is 194 Å². The first kappa shape index (κ1) is 24.5. The Hall–Kier alpha value is -3.14. The van der Waals surface area contributed by atoms with Crippen LogP contribution in [0.1, 0.15) is 24.5 Å². The Morgan fingerprint density at radius 2 is 1.82 bits per heavy atom. The van der Waals surface area contributed by atoms with Gasteiger partial charge in [0.15, 0.2) is 0 Å². The zero-order valence-corrected chi connectivity index (χ0v) is 19.6. The van der Waals surface area contributed by atoms with Crippen molar-refractivity contribution in [3.8, 4) is 0 Å². The normalized spacial score (nSPS) is 19.1.